The highest BCUT2D eigenvalue weighted by Crippen LogP contribution is 2.61. The molecule has 0 saturated heterocycles. The molecule has 5 heteroatoms. The Morgan fingerprint density at radius 3 is 2.42 bits per heavy atom. The van der Waals surface area contributed by atoms with E-state index < -0.39 is 5.97 Å². The van der Waals surface area contributed by atoms with Gasteiger partial charge in [-0.2, -0.15) is 0 Å². The van der Waals surface area contributed by atoms with E-state index in [4.69, 9.17) is 0 Å². The van der Waals surface area contributed by atoms with Crippen molar-refractivity contribution < 1.29 is 9.90 Å². The Morgan fingerprint density at radius 2 is 1.85 bits per heavy atom. The molecule has 4 fully saturated rings. The number of carboxylic acids is 1. The first kappa shape index (κ1) is 16.0. The summed E-state index contributed by atoms with van der Waals surface area (Å²) in [6.07, 6.45) is 11.9. The first-order chi connectivity index (χ1) is 12.6. The van der Waals surface area contributed by atoms with E-state index in [1.165, 1.54) is 38.5 Å². The van der Waals surface area contributed by atoms with Gasteiger partial charge in [0.15, 0.2) is 11.5 Å². The second-order valence-corrected chi connectivity index (χ2v) is 8.85. The van der Waals surface area contributed by atoms with Crippen LogP contribution in [0.3, 0.4) is 0 Å². The van der Waals surface area contributed by atoms with E-state index >= 15 is 0 Å². The Hall–Kier alpha value is -2.17. The highest BCUT2D eigenvalue weighted by atomic mass is 16.4. The number of aromatic nitrogens is 3. The van der Waals surface area contributed by atoms with Crippen molar-refractivity contribution in [2.24, 2.45) is 23.2 Å². The maximum Gasteiger partial charge on any atom is 0.356 e. The van der Waals surface area contributed by atoms with Gasteiger partial charge in [-0.3, -0.25) is 4.98 Å². The summed E-state index contributed by atoms with van der Waals surface area (Å²) in [4.78, 5) is 23.6. The van der Waals surface area contributed by atoms with E-state index in [1.807, 2.05) is 18.2 Å². The number of rotatable bonds is 5. The standard InChI is InChI=1S/C21H25N3O2/c25-20(26)18-16(23-19(24-18)17-3-1-2-6-22-17)4-5-21-10-13-7-14(11-21)9-15(8-13)12-21/h1-3,6,13-15H,4-5,7-12H2,(H,23,24)(H,25,26). The van der Waals surface area contributed by atoms with E-state index in [1.54, 1.807) is 6.20 Å². The Bertz CT molecular complexity index is 792. The second kappa shape index (κ2) is 5.93. The first-order valence-corrected chi connectivity index (χ1v) is 9.84. The number of imidazole rings is 1. The molecule has 26 heavy (non-hydrogen) atoms. The number of H-pyrrole nitrogens is 1. The summed E-state index contributed by atoms with van der Waals surface area (Å²) in [6.45, 7) is 0. The highest BCUT2D eigenvalue weighted by Gasteiger charge is 2.50. The van der Waals surface area contributed by atoms with E-state index in [2.05, 4.69) is 15.0 Å². The minimum Gasteiger partial charge on any atom is -0.476 e. The van der Waals surface area contributed by atoms with Crippen LogP contribution in [0.5, 0.6) is 0 Å². The number of aryl methyl sites for hydroxylation is 1. The SMILES string of the molecule is O=C(O)c1nc(-c2ccccn2)[nH]c1CCC12CC3CC(CC(C3)C1)C2. The van der Waals surface area contributed by atoms with Crippen molar-refractivity contribution in [1.29, 1.82) is 0 Å². The van der Waals surface area contributed by atoms with E-state index in [9.17, 15) is 9.90 Å². The number of hydrogen-bond donors (Lipinski definition) is 2. The summed E-state index contributed by atoms with van der Waals surface area (Å²) >= 11 is 0. The number of carboxylic acid groups (broad SMARTS) is 1. The van der Waals surface area contributed by atoms with Crippen LogP contribution in [-0.4, -0.2) is 26.0 Å². The van der Waals surface area contributed by atoms with E-state index in [-0.39, 0.29) is 5.69 Å². The zero-order chi connectivity index (χ0) is 17.7. The van der Waals surface area contributed by atoms with Crippen molar-refractivity contribution in [2.45, 2.75) is 51.4 Å². The zero-order valence-electron chi connectivity index (χ0n) is 14.9. The lowest BCUT2D eigenvalue weighted by atomic mass is 9.48. The van der Waals surface area contributed by atoms with Gasteiger partial charge in [0.2, 0.25) is 0 Å². The zero-order valence-corrected chi connectivity index (χ0v) is 14.9. The minimum atomic E-state index is -0.955. The quantitative estimate of drug-likeness (QED) is 0.841. The van der Waals surface area contributed by atoms with Crippen molar-refractivity contribution in [3.05, 3.63) is 35.8 Å². The monoisotopic (exact) mass is 351 g/mol. The van der Waals surface area contributed by atoms with Crippen LogP contribution in [0.2, 0.25) is 0 Å². The molecule has 0 aromatic carbocycles. The van der Waals surface area contributed by atoms with Crippen molar-refractivity contribution in [3.63, 3.8) is 0 Å². The molecule has 2 N–H and O–H groups in total. The molecular weight excluding hydrogens is 326 g/mol. The summed E-state index contributed by atoms with van der Waals surface area (Å²) in [5.41, 5.74) is 2.06. The van der Waals surface area contributed by atoms with Crippen LogP contribution in [0.4, 0.5) is 0 Å². The van der Waals surface area contributed by atoms with Crippen molar-refractivity contribution in [2.75, 3.05) is 0 Å². The molecular formula is C21H25N3O2. The van der Waals surface area contributed by atoms with E-state index in [0.717, 1.165) is 36.3 Å². The van der Waals surface area contributed by atoms with Crippen LogP contribution in [0.15, 0.2) is 24.4 Å². The maximum atomic E-state index is 11.7. The van der Waals surface area contributed by atoms with Crippen LogP contribution in [0.25, 0.3) is 11.5 Å². The third kappa shape index (κ3) is 2.74. The highest BCUT2D eigenvalue weighted by molar-refractivity contribution is 5.87. The molecule has 4 bridgehead atoms. The maximum absolute atomic E-state index is 11.7. The van der Waals surface area contributed by atoms with Gasteiger partial charge in [0.25, 0.3) is 0 Å². The molecule has 0 amide bonds. The second-order valence-electron chi connectivity index (χ2n) is 8.85. The normalized spacial score (nSPS) is 32.1. The molecule has 4 aliphatic rings. The van der Waals surface area contributed by atoms with E-state index in [0.29, 0.717) is 16.9 Å². The third-order valence-corrected chi connectivity index (χ3v) is 6.96. The van der Waals surface area contributed by atoms with Gasteiger partial charge in [-0.1, -0.05) is 6.07 Å². The van der Waals surface area contributed by atoms with Crippen LogP contribution in [-0.2, 0) is 6.42 Å². The molecule has 5 nitrogen and oxygen atoms in total. The largest absolute Gasteiger partial charge is 0.476 e. The van der Waals surface area contributed by atoms with Gasteiger partial charge in [0, 0.05) is 6.20 Å². The number of hydrogen-bond acceptors (Lipinski definition) is 3. The molecule has 6 rings (SSSR count). The van der Waals surface area contributed by atoms with Gasteiger partial charge in [0.05, 0.1) is 5.69 Å². The minimum absolute atomic E-state index is 0.162. The Morgan fingerprint density at radius 1 is 1.15 bits per heavy atom. The first-order valence-electron chi connectivity index (χ1n) is 9.84. The number of pyridine rings is 1. The van der Waals surface area contributed by atoms with Gasteiger partial charge < -0.3 is 10.1 Å². The topological polar surface area (TPSA) is 78.9 Å². The smallest absolute Gasteiger partial charge is 0.356 e. The number of aromatic amines is 1. The predicted octanol–water partition coefficient (Wildman–Crippen LogP) is 4.32. The summed E-state index contributed by atoms with van der Waals surface area (Å²) in [6, 6.07) is 5.59. The van der Waals surface area contributed by atoms with Crippen molar-refractivity contribution >= 4 is 5.97 Å². The molecule has 0 unspecified atom stereocenters. The van der Waals surface area contributed by atoms with Crippen molar-refractivity contribution in [1.82, 2.24) is 15.0 Å². The predicted molar refractivity (Wildman–Crippen MR) is 97.7 cm³/mol. The molecule has 0 spiro atoms. The third-order valence-electron chi connectivity index (χ3n) is 6.96. The Kier molecular flexibility index (Phi) is 3.66. The lowest BCUT2D eigenvalue weighted by molar-refractivity contribution is -0.0571. The van der Waals surface area contributed by atoms with Crippen LogP contribution in [0, 0.1) is 23.2 Å². The van der Waals surface area contributed by atoms with Crippen LogP contribution in [0.1, 0.15) is 61.1 Å². The average Bonchev–Trinajstić information content (AvgIpc) is 3.04. The fourth-order valence-electron chi connectivity index (χ4n) is 6.38. The Balaban J connectivity index is 1.39. The van der Waals surface area contributed by atoms with Gasteiger partial charge in [-0.15, -0.1) is 0 Å². The summed E-state index contributed by atoms with van der Waals surface area (Å²) in [5, 5.41) is 9.58. The fourth-order valence-corrected chi connectivity index (χ4v) is 6.38. The molecule has 4 saturated carbocycles. The number of nitrogens with one attached hydrogen (secondary N) is 1. The molecule has 4 aliphatic carbocycles. The van der Waals surface area contributed by atoms with Crippen LogP contribution < -0.4 is 0 Å². The van der Waals surface area contributed by atoms with Gasteiger partial charge in [0.1, 0.15) is 5.69 Å². The van der Waals surface area contributed by atoms with Gasteiger partial charge in [-0.05, 0) is 86.7 Å². The molecule has 0 atom stereocenters. The number of carbonyl (C=O) groups is 1. The molecule has 136 valence electrons. The number of aromatic carboxylic acids is 1. The number of nitrogens with zero attached hydrogens (tertiary/aromatic N) is 2. The van der Waals surface area contributed by atoms with Crippen molar-refractivity contribution in [3.8, 4) is 11.5 Å². The lowest BCUT2D eigenvalue weighted by Crippen LogP contribution is -2.46. The van der Waals surface area contributed by atoms with Gasteiger partial charge >= 0.3 is 5.97 Å². The lowest BCUT2D eigenvalue weighted by Gasteiger charge is -2.57. The molecule has 2 aromatic heterocycles. The average molecular weight is 351 g/mol. The molecule has 0 radical (unpaired) electrons. The molecule has 2 heterocycles. The van der Waals surface area contributed by atoms with Crippen LogP contribution >= 0.6 is 0 Å². The summed E-state index contributed by atoms with van der Waals surface area (Å²) in [5.74, 6) is 2.37. The fraction of sp³-hybridized carbons (Fsp3) is 0.571. The molecule has 2 aromatic rings. The Labute approximate surface area is 153 Å². The van der Waals surface area contributed by atoms with Gasteiger partial charge in [-0.25, -0.2) is 9.78 Å². The molecule has 0 aliphatic heterocycles. The summed E-state index contributed by atoms with van der Waals surface area (Å²) in [7, 11) is 0. The summed E-state index contributed by atoms with van der Waals surface area (Å²) < 4.78 is 0.